The molecule has 0 fully saturated rings. The van der Waals surface area contributed by atoms with Gasteiger partial charge in [-0.15, -0.1) is 5.10 Å². The van der Waals surface area contributed by atoms with Crippen LogP contribution in [0.3, 0.4) is 0 Å². The van der Waals surface area contributed by atoms with E-state index in [1.165, 1.54) is 16.4 Å². The summed E-state index contributed by atoms with van der Waals surface area (Å²) in [6.45, 7) is 0.382. The molecule has 3 aromatic carbocycles. The van der Waals surface area contributed by atoms with Crippen molar-refractivity contribution < 1.29 is 13.2 Å². The summed E-state index contributed by atoms with van der Waals surface area (Å²) in [6, 6.07) is 23.2. The fourth-order valence-electron chi connectivity index (χ4n) is 3.20. The largest absolute Gasteiger partial charge is 0.489 e. The van der Waals surface area contributed by atoms with Crippen molar-refractivity contribution in [2.24, 2.45) is 21.7 Å². The molecule has 4 aromatic rings. The fourth-order valence-corrected chi connectivity index (χ4v) is 4.60. The van der Waals surface area contributed by atoms with Gasteiger partial charge in [0.05, 0.1) is 16.6 Å². The van der Waals surface area contributed by atoms with Crippen LogP contribution in [0.4, 0.5) is 0 Å². The monoisotopic (exact) mass is 447 g/mol. The summed E-state index contributed by atoms with van der Waals surface area (Å²) in [5.74, 6) is 0.390. The first kappa shape index (κ1) is 21.1. The van der Waals surface area contributed by atoms with Gasteiger partial charge in [-0.2, -0.15) is 5.10 Å². The van der Waals surface area contributed by atoms with Crippen LogP contribution in [0.25, 0.3) is 10.9 Å². The van der Waals surface area contributed by atoms with Crippen molar-refractivity contribution in [2.45, 2.75) is 11.5 Å². The molecule has 0 unspecified atom stereocenters. The lowest BCUT2D eigenvalue weighted by Crippen LogP contribution is -2.21. The number of hydrogen-bond acceptors (Lipinski definition) is 5. The summed E-state index contributed by atoms with van der Waals surface area (Å²) in [4.78, 5) is 0.175. The zero-order valence-electron chi connectivity index (χ0n) is 17.0. The first-order valence-electron chi connectivity index (χ1n) is 9.69. The lowest BCUT2D eigenvalue weighted by molar-refractivity contribution is 0.306. The Morgan fingerprint density at radius 2 is 1.66 bits per heavy atom. The van der Waals surface area contributed by atoms with Gasteiger partial charge in [-0.25, -0.2) is 12.4 Å². The van der Waals surface area contributed by atoms with Crippen molar-refractivity contribution in [1.29, 1.82) is 0 Å². The van der Waals surface area contributed by atoms with E-state index in [0.29, 0.717) is 28.8 Å². The molecule has 8 nitrogen and oxygen atoms in total. The topological polar surface area (TPSA) is 125 Å². The van der Waals surface area contributed by atoms with Gasteiger partial charge in [-0.05, 0) is 35.9 Å². The first-order chi connectivity index (χ1) is 15.4. The molecule has 0 atom stereocenters. The highest BCUT2D eigenvalue weighted by atomic mass is 32.2. The lowest BCUT2D eigenvalue weighted by Gasteiger charge is -2.09. The molecule has 0 spiro atoms. The third kappa shape index (κ3) is 4.47. The van der Waals surface area contributed by atoms with E-state index in [2.05, 4.69) is 10.2 Å². The van der Waals surface area contributed by atoms with Gasteiger partial charge in [-0.1, -0.05) is 48.5 Å². The summed E-state index contributed by atoms with van der Waals surface area (Å²) in [5.41, 5.74) is 12.7. The zero-order valence-corrected chi connectivity index (χ0v) is 17.8. The molecule has 0 bridgehead atoms. The second kappa shape index (κ2) is 8.94. The van der Waals surface area contributed by atoms with Crippen LogP contribution in [0.1, 0.15) is 11.1 Å². The van der Waals surface area contributed by atoms with E-state index in [1.54, 1.807) is 48.5 Å². The van der Waals surface area contributed by atoms with E-state index in [-0.39, 0.29) is 10.9 Å². The van der Waals surface area contributed by atoms with E-state index < -0.39 is 10.0 Å². The summed E-state index contributed by atoms with van der Waals surface area (Å²) in [7, 11) is -3.83. The van der Waals surface area contributed by atoms with Gasteiger partial charge in [0.2, 0.25) is 5.96 Å². The molecule has 0 radical (unpaired) electrons. The van der Waals surface area contributed by atoms with Crippen molar-refractivity contribution in [3.63, 3.8) is 0 Å². The molecule has 0 aliphatic carbocycles. The minimum absolute atomic E-state index is 0.175. The molecule has 0 amide bonds. The maximum Gasteiger partial charge on any atom is 0.268 e. The number of nitrogens with zero attached hydrogens (tertiary/aromatic N) is 3. The van der Waals surface area contributed by atoms with E-state index in [0.717, 1.165) is 5.56 Å². The lowest BCUT2D eigenvalue weighted by atomic mass is 10.2. The Morgan fingerprint density at radius 1 is 0.969 bits per heavy atom. The SMILES string of the molecule is NC(N)=N/N=C\c1cn(S(=O)(=O)c2ccccc2)c2ccc(OCc3ccccc3)cc12. The first-order valence-corrected chi connectivity index (χ1v) is 11.1. The second-order valence-corrected chi connectivity index (χ2v) is 8.74. The van der Waals surface area contributed by atoms with Gasteiger partial charge in [0.15, 0.2) is 0 Å². The van der Waals surface area contributed by atoms with Crippen molar-refractivity contribution >= 4 is 33.1 Å². The van der Waals surface area contributed by atoms with Crippen LogP contribution in [0.5, 0.6) is 5.75 Å². The van der Waals surface area contributed by atoms with Crippen molar-refractivity contribution in [3.05, 3.63) is 96.2 Å². The minimum atomic E-state index is -3.83. The molecule has 162 valence electrons. The summed E-state index contributed by atoms with van der Waals surface area (Å²) < 4.78 is 33.6. The molecule has 1 aromatic heterocycles. The number of fused-ring (bicyclic) bond motifs is 1. The molecular weight excluding hydrogens is 426 g/mol. The highest BCUT2D eigenvalue weighted by Crippen LogP contribution is 2.29. The smallest absolute Gasteiger partial charge is 0.268 e. The maximum atomic E-state index is 13.3. The van der Waals surface area contributed by atoms with Gasteiger partial charge in [0.1, 0.15) is 12.4 Å². The van der Waals surface area contributed by atoms with Gasteiger partial charge in [0.25, 0.3) is 10.0 Å². The number of guanidine groups is 1. The number of benzene rings is 3. The van der Waals surface area contributed by atoms with Crippen LogP contribution in [0, 0.1) is 0 Å². The molecule has 0 aliphatic rings. The summed E-state index contributed by atoms with van der Waals surface area (Å²) >= 11 is 0. The molecule has 4 rings (SSSR count). The van der Waals surface area contributed by atoms with E-state index in [1.807, 2.05) is 30.3 Å². The molecule has 0 aliphatic heterocycles. The predicted octanol–water partition coefficient (Wildman–Crippen LogP) is 3.06. The van der Waals surface area contributed by atoms with Gasteiger partial charge >= 0.3 is 0 Å². The van der Waals surface area contributed by atoms with Gasteiger partial charge in [-0.3, -0.25) is 0 Å². The Hall–Kier alpha value is -4.11. The number of aromatic nitrogens is 1. The third-order valence-corrected chi connectivity index (χ3v) is 6.38. The second-order valence-electron chi connectivity index (χ2n) is 6.92. The molecule has 4 N–H and O–H groups in total. The number of rotatable bonds is 7. The predicted molar refractivity (Wildman–Crippen MR) is 125 cm³/mol. The highest BCUT2D eigenvalue weighted by Gasteiger charge is 2.21. The standard InChI is InChI=1S/C23H21N5O3S/c24-23(25)27-26-14-18-15-28(32(29,30)20-9-5-2-6-10-20)22-12-11-19(13-21(18)22)31-16-17-7-3-1-4-8-17/h1-15H,16H2,(H4,24,25,27)/b26-14-. The molecule has 1 heterocycles. The van der Waals surface area contributed by atoms with Gasteiger partial charge in [0, 0.05) is 17.1 Å². The third-order valence-electron chi connectivity index (χ3n) is 4.69. The Labute approximate surface area is 185 Å². The number of hydrogen-bond donors (Lipinski definition) is 2. The Bertz CT molecular complexity index is 1390. The van der Waals surface area contributed by atoms with Crippen LogP contribution >= 0.6 is 0 Å². The zero-order chi connectivity index (χ0) is 22.6. The Balaban J connectivity index is 1.78. The average molecular weight is 448 g/mol. The minimum Gasteiger partial charge on any atom is -0.489 e. The van der Waals surface area contributed by atoms with Gasteiger partial charge < -0.3 is 16.2 Å². The van der Waals surface area contributed by atoms with E-state index >= 15 is 0 Å². The highest BCUT2D eigenvalue weighted by molar-refractivity contribution is 7.90. The average Bonchev–Trinajstić information content (AvgIpc) is 3.17. The van der Waals surface area contributed by atoms with Crippen molar-refractivity contribution in [2.75, 3.05) is 0 Å². The molecule has 0 saturated carbocycles. The van der Waals surface area contributed by atoms with Crippen LogP contribution in [-0.2, 0) is 16.6 Å². The number of ether oxygens (including phenoxy) is 1. The van der Waals surface area contributed by atoms with Crippen molar-refractivity contribution in [1.82, 2.24) is 3.97 Å². The Morgan fingerprint density at radius 3 is 2.34 bits per heavy atom. The Kier molecular flexibility index (Phi) is 5.91. The van der Waals surface area contributed by atoms with Crippen LogP contribution in [-0.4, -0.2) is 24.6 Å². The number of nitrogens with two attached hydrogens (primary N) is 2. The van der Waals surface area contributed by atoms with E-state index in [4.69, 9.17) is 16.2 Å². The van der Waals surface area contributed by atoms with Crippen LogP contribution in [0.2, 0.25) is 0 Å². The molecular formula is C23H21N5O3S. The molecule has 32 heavy (non-hydrogen) atoms. The molecule has 9 heteroatoms. The maximum absolute atomic E-state index is 13.3. The normalized spacial score (nSPS) is 11.6. The summed E-state index contributed by atoms with van der Waals surface area (Å²) in [5, 5.41) is 8.08. The van der Waals surface area contributed by atoms with Crippen LogP contribution < -0.4 is 16.2 Å². The quantitative estimate of drug-likeness (QED) is 0.256. The van der Waals surface area contributed by atoms with Crippen LogP contribution in [0.15, 0.2) is 100 Å². The van der Waals surface area contributed by atoms with E-state index in [9.17, 15) is 8.42 Å². The molecule has 0 saturated heterocycles. The van der Waals surface area contributed by atoms with Crippen molar-refractivity contribution in [3.8, 4) is 5.75 Å². The summed E-state index contributed by atoms with van der Waals surface area (Å²) in [6.07, 6.45) is 2.89. The fraction of sp³-hybridized carbons (Fsp3) is 0.0435.